The minimum atomic E-state index is -6.22. The summed E-state index contributed by atoms with van der Waals surface area (Å²) >= 11 is 0. The molecular formula is C10H5F7O. The van der Waals surface area contributed by atoms with Crippen LogP contribution < -0.4 is 0 Å². The van der Waals surface area contributed by atoms with Crippen molar-refractivity contribution in [2.45, 2.75) is 19.0 Å². The highest BCUT2D eigenvalue weighted by atomic mass is 19.4. The molecule has 0 radical (unpaired) electrons. The number of carbonyl (C=O) groups is 1. The van der Waals surface area contributed by atoms with Crippen LogP contribution in [0, 0.1) is 18.6 Å². The van der Waals surface area contributed by atoms with Crippen molar-refractivity contribution in [3.8, 4) is 0 Å². The maximum absolute atomic E-state index is 13.3. The average molecular weight is 274 g/mol. The maximum atomic E-state index is 13.3. The van der Waals surface area contributed by atoms with Crippen LogP contribution in [-0.4, -0.2) is 17.9 Å². The summed E-state index contributed by atoms with van der Waals surface area (Å²) in [5, 5.41) is 0. The molecular weight excluding hydrogens is 269 g/mol. The van der Waals surface area contributed by atoms with Gasteiger partial charge in [0, 0.05) is 0 Å². The van der Waals surface area contributed by atoms with Crippen LogP contribution in [0.3, 0.4) is 0 Å². The Hall–Kier alpha value is -1.60. The van der Waals surface area contributed by atoms with Gasteiger partial charge in [-0.1, -0.05) is 6.07 Å². The minimum Gasteiger partial charge on any atom is -0.287 e. The van der Waals surface area contributed by atoms with E-state index in [2.05, 4.69) is 0 Å². The molecule has 100 valence electrons. The lowest BCUT2D eigenvalue weighted by Crippen LogP contribution is -2.44. The third kappa shape index (κ3) is 2.19. The molecule has 0 aliphatic heterocycles. The molecule has 0 aliphatic rings. The highest BCUT2D eigenvalue weighted by Gasteiger charge is 2.64. The molecule has 0 spiro atoms. The second kappa shape index (κ2) is 4.25. The fourth-order valence-electron chi connectivity index (χ4n) is 1.15. The zero-order valence-electron chi connectivity index (χ0n) is 8.71. The van der Waals surface area contributed by atoms with Crippen LogP contribution in [0.15, 0.2) is 12.1 Å². The first-order valence-corrected chi connectivity index (χ1v) is 4.44. The Morgan fingerprint density at radius 3 is 2.00 bits per heavy atom. The maximum Gasteiger partial charge on any atom is 0.461 e. The van der Waals surface area contributed by atoms with Crippen LogP contribution in [0.4, 0.5) is 30.7 Å². The Labute approximate surface area is 96.2 Å². The van der Waals surface area contributed by atoms with Gasteiger partial charge in [0.05, 0.1) is 5.56 Å². The third-order valence-electron chi connectivity index (χ3n) is 2.15. The number of hydrogen-bond donors (Lipinski definition) is 0. The Morgan fingerprint density at radius 1 is 1.06 bits per heavy atom. The van der Waals surface area contributed by atoms with Crippen molar-refractivity contribution in [2.24, 2.45) is 0 Å². The zero-order chi connectivity index (χ0) is 14.3. The number of aryl methyl sites for hydroxylation is 1. The first-order chi connectivity index (χ1) is 8.00. The van der Waals surface area contributed by atoms with E-state index in [1.54, 1.807) is 0 Å². The molecule has 0 N–H and O–H groups in total. The molecule has 1 aromatic carbocycles. The summed E-state index contributed by atoms with van der Waals surface area (Å²) in [6.45, 7) is 0.997. The van der Waals surface area contributed by atoms with Crippen molar-refractivity contribution < 1.29 is 35.5 Å². The molecule has 1 nitrogen and oxygen atoms in total. The molecule has 0 fully saturated rings. The van der Waals surface area contributed by atoms with Crippen molar-refractivity contribution in [1.29, 1.82) is 0 Å². The Balaban J connectivity index is 3.41. The molecule has 0 aliphatic carbocycles. The molecule has 1 aromatic rings. The highest BCUT2D eigenvalue weighted by molar-refractivity contribution is 6.02. The summed E-state index contributed by atoms with van der Waals surface area (Å²) < 4.78 is 87.4. The summed E-state index contributed by atoms with van der Waals surface area (Å²) in [6.07, 6.45) is -6.22. The average Bonchev–Trinajstić information content (AvgIpc) is 2.22. The summed E-state index contributed by atoms with van der Waals surface area (Å²) in [5.74, 6) is -12.3. The van der Waals surface area contributed by atoms with Crippen molar-refractivity contribution in [1.82, 2.24) is 0 Å². The van der Waals surface area contributed by atoms with Gasteiger partial charge in [0.25, 0.3) is 0 Å². The molecule has 18 heavy (non-hydrogen) atoms. The SMILES string of the molecule is Cc1ccc(F)c(C(=O)C(F)(F)C(F)(F)F)c1F. The molecule has 1 rings (SSSR count). The van der Waals surface area contributed by atoms with Crippen LogP contribution in [-0.2, 0) is 0 Å². The summed E-state index contributed by atoms with van der Waals surface area (Å²) in [7, 11) is 0. The second-order valence-corrected chi connectivity index (χ2v) is 3.45. The number of hydrogen-bond acceptors (Lipinski definition) is 1. The van der Waals surface area contributed by atoms with Gasteiger partial charge in [0.2, 0.25) is 5.78 Å². The number of rotatable bonds is 2. The number of carbonyl (C=O) groups excluding carboxylic acids is 1. The van der Waals surface area contributed by atoms with E-state index in [0.29, 0.717) is 6.07 Å². The van der Waals surface area contributed by atoms with Gasteiger partial charge in [-0.15, -0.1) is 0 Å². The molecule has 8 heteroatoms. The fourth-order valence-corrected chi connectivity index (χ4v) is 1.15. The van der Waals surface area contributed by atoms with Crippen LogP contribution in [0.5, 0.6) is 0 Å². The largest absolute Gasteiger partial charge is 0.461 e. The van der Waals surface area contributed by atoms with Gasteiger partial charge in [-0.2, -0.15) is 22.0 Å². The summed E-state index contributed by atoms with van der Waals surface area (Å²) in [4.78, 5) is 11.0. The van der Waals surface area contributed by atoms with E-state index in [-0.39, 0.29) is 0 Å². The van der Waals surface area contributed by atoms with E-state index in [9.17, 15) is 35.5 Å². The van der Waals surface area contributed by atoms with E-state index in [1.165, 1.54) is 0 Å². The van der Waals surface area contributed by atoms with Crippen molar-refractivity contribution in [2.75, 3.05) is 0 Å². The normalized spacial score (nSPS) is 12.7. The highest BCUT2D eigenvalue weighted by Crippen LogP contribution is 2.39. The molecule has 0 bridgehead atoms. The number of halogens is 7. The first kappa shape index (κ1) is 14.5. The smallest absolute Gasteiger partial charge is 0.287 e. The lowest BCUT2D eigenvalue weighted by atomic mass is 10.0. The van der Waals surface area contributed by atoms with Crippen molar-refractivity contribution >= 4 is 5.78 Å². The van der Waals surface area contributed by atoms with E-state index < -0.39 is 40.6 Å². The summed E-state index contributed by atoms with van der Waals surface area (Å²) in [6, 6.07) is 1.26. The van der Waals surface area contributed by atoms with Crippen molar-refractivity contribution in [3.05, 3.63) is 34.9 Å². The molecule has 0 heterocycles. The van der Waals surface area contributed by atoms with E-state index in [0.717, 1.165) is 13.0 Å². The molecule has 0 atom stereocenters. The van der Waals surface area contributed by atoms with E-state index in [1.807, 2.05) is 0 Å². The number of ketones is 1. The van der Waals surface area contributed by atoms with Crippen LogP contribution in [0.1, 0.15) is 15.9 Å². The van der Waals surface area contributed by atoms with Gasteiger partial charge >= 0.3 is 12.1 Å². The predicted molar refractivity (Wildman–Crippen MR) is 46.4 cm³/mol. The zero-order valence-corrected chi connectivity index (χ0v) is 8.71. The lowest BCUT2D eigenvalue weighted by molar-refractivity contribution is -0.255. The Morgan fingerprint density at radius 2 is 1.56 bits per heavy atom. The molecule has 0 unspecified atom stereocenters. The topological polar surface area (TPSA) is 17.1 Å². The second-order valence-electron chi connectivity index (χ2n) is 3.45. The Bertz CT molecular complexity index is 490. The van der Waals surface area contributed by atoms with Gasteiger partial charge in [0.15, 0.2) is 0 Å². The molecule has 0 saturated carbocycles. The van der Waals surface area contributed by atoms with Crippen molar-refractivity contribution in [3.63, 3.8) is 0 Å². The standard InChI is InChI=1S/C10H5F7O/c1-4-2-3-5(11)6(7(4)12)8(18)9(13,14)10(15,16)17/h2-3H,1H3. The number of benzene rings is 1. The van der Waals surface area contributed by atoms with Crippen LogP contribution in [0.2, 0.25) is 0 Å². The van der Waals surface area contributed by atoms with Crippen LogP contribution in [0.25, 0.3) is 0 Å². The van der Waals surface area contributed by atoms with Gasteiger partial charge in [-0.3, -0.25) is 4.79 Å². The monoisotopic (exact) mass is 274 g/mol. The van der Waals surface area contributed by atoms with Gasteiger partial charge in [-0.25, -0.2) is 8.78 Å². The van der Waals surface area contributed by atoms with Crippen LogP contribution >= 0.6 is 0 Å². The van der Waals surface area contributed by atoms with Gasteiger partial charge in [0.1, 0.15) is 11.6 Å². The molecule has 0 amide bonds. The van der Waals surface area contributed by atoms with Gasteiger partial charge in [-0.05, 0) is 18.6 Å². The lowest BCUT2D eigenvalue weighted by Gasteiger charge is -2.18. The molecule has 0 aromatic heterocycles. The van der Waals surface area contributed by atoms with E-state index in [4.69, 9.17) is 0 Å². The number of alkyl halides is 5. The van der Waals surface area contributed by atoms with E-state index >= 15 is 0 Å². The quantitative estimate of drug-likeness (QED) is 0.594. The fraction of sp³-hybridized carbons (Fsp3) is 0.300. The van der Waals surface area contributed by atoms with Gasteiger partial charge < -0.3 is 0 Å². The molecule has 0 saturated heterocycles. The first-order valence-electron chi connectivity index (χ1n) is 4.44. The minimum absolute atomic E-state index is 0.419. The Kier molecular flexibility index (Phi) is 3.42. The number of Topliss-reactive ketones (excluding diaryl/α,β-unsaturated/α-hetero) is 1. The summed E-state index contributed by atoms with van der Waals surface area (Å²) in [5.41, 5.74) is -2.31. The predicted octanol–water partition coefficient (Wildman–Crippen LogP) is 3.65. The third-order valence-corrected chi connectivity index (χ3v) is 2.15.